The van der Waals surface area contributed by atoms with Crippen molar-refractivity contribution in [3.63, 3.8) is 0 Å². The van der Waals surface area contributed by atoms with Crippen molar-refractivity contribution in [1.82, 2.24) is 5.32 Å². The standard InChI is InChI=1S/C20H29N3O6/c1-13-5-4-6-16(14(13)2)22-19(24)12-29-20(25)15-7-8-17(21-9-10-28-3)18(11-15)23(26)27/h7-8,11,13-14,16,21H,4-6,9-10,12H2,1-3H3,(H,22,24)/t13-,14+,16+/m0/s1. The van der Waals surface area contributed by atoms with E-state index in [2.05, 4.69) is 24.5 Å². The number of nitrogens with zero attached hydrogens (tertiary/aromatic N) is 1. The third-order valence-electron chi connectivity index (χ3n) is 5.44. The van der Waals surface area contributed by atoms with Gasteiger partial charge in [0.1, 0.15) is 5.69 Å². The lowest BCUT2D eigenvalue weighted by atomic mass is 9.78. The van der Waals surface area contributed by atoms with Gasteiger partial charge in [0.05, 0.1) is 17.1 Å². The first-order valence-electron chi connectivity index (χ1n) is 9.81. The fraction of sp³-hybridized carbons (Fsp3) is 0.600. The first kappa shape index (κ1) is 22.6. The van der Waals surface area contributed by atoms with Gasteiger partial charge in [0.2, 0.25) is 0 Å². The normalized spacial score (nSPS) is 21.3. The van der Waals surface area contributed by atoms with Gasteiger partial charge in [-0.15, -0.1) is 0 Å². The van der Waals surface area contributed by atoms with Crippen LogP contribution in [0, 0.1) is 22.0 Å². The van der Waals surface area contributed by atoms with E-state index in [9.17, 15) is 19.7 Å². The van der Waals surface area contributed by atoms with Crippen molar-refractivity contribution in [3.05, 3.63) is 33.9 Å². The molecule has 0 radical (unpaired) electrons. The van der Waals surface area contributed by atoms with Gasteiger partial charge in [0, 0.05) is 25.8 Å². The molecule has 0 spiro atoms. The summed E-state index contributed by atoms with van der Waals surface area (Å²) < 4.78 is 9.96. The minimum absolute atomic E-state index is 0.0152. The van der Waals surface area contributed by atoms with Crippen molar-refractivity contribution in [3.8, 4) is 0 Å². The molecular formula is C20H29N3O6. The van der Waals surface area contributed by atoms with Crippen LogP contribution in [0.15, 0.2) is 18.2 Å². The zero-order valence-corrected chi connectivity index (χ0v) is 17.1. The Bertz CT molecular complexity index is 739. The summed E-state index contributed by atoms with van der Waals surface area (Å²) in [5.74, 6) is -0.245. The van der Waals surface area contributed by atoms with Crippen LogP contribution >= 0.6 is 0 Å². The Balaban J connectivity index is 1.93. The molecule has 2 N–H and O–H groups in total. The number of hydrogen-bond acceptors (Lipinski definition) is 7. The lowest BCUT2D eigenvalue weighted by Crippen LogP contribution is -2.45. The van der Waals surface area contributed by atoms with Crippen molar-refractivity contribution < 1.29 is 24.0 Å². The number of nitrogens with one attached hydrogen (secondary N) is 2. The Morgan fingerprint density at radius 1 is 1.28 bits per heavy atom. The average molecular weight is 407 g/mol. The molecule has 1 saturated carbocycles. The van der Waals surface area contributed by atoms with E-state index in [4.69, 9.17) is 9.47 Å². The van der Waals surface area contributed by atoms with Gasteiger partial charge in [-0.2, -0.15) is 0 Å². The molecule has 29 heavy (non-hydrogen) atoms. The molecule has 1 aliphatic rings. The molecule has 9 heteroatoms. The zero-order chi connectivity index (χ0) is 21.4. The molecule has 2 rings (SSSR count). The summed E-state index contributed by atoms with van der Waals surface area (Å²) in [5, 5.41) is 17.1. The molecule has 1 amide bonds. The number of carbonyl (C=O) groups is 2. The predicted molar refractivity (Wildman–Crippen MR) is 108 cm³/mol. The van der Waals surface area contributed by atoms with Crippen LogP contribution < -0.4 is 10.6 Å². The van der Waals surface area contributed by atoms with E-state index >= 15 is 0 Å². The molecule has 3 atom stereocenters. The van der Waals surface area contributed by atoms with Crippen LogP contribution in [0.2, 0.25) is 0 Å². The quantitative estimate of drug-likeness (QED) is 0.279. The van der Waals surface area contributed by atoms with Crippen molar-refractivity contribution in [2.45, 2.75) is 39.2 Å². The molecule has 0 aromatic heterocycles. The van der Waals surface area contributed by atoms with Gasteiger partial charge in [-0.3, -0.25) is 14.9 Å². The molecule has 0 heterocycles. The summed E-state index contributed by atoms with van der Waals surface area (Å²) in [5.41, 5.74) is 0.0493. The summed E-state index contributed by atoms with van der Waals surface area (Å²) in [7, 11) is 1.53. The minimum atomic E-state index is -0.781. The number of nitro groups is 1. The van der Waals surface area contributed by atoms with Crippen LogP contribution in [-0.4, -0.2) is 49.7 Å². The number of methoxy groups -OCH3 is 1. The summed E-state index contributed by atoms with van der Waals surface area (Å²) in [4.78, 5) is 35.1. The Morgan fingerprint density at radius 3 is 2.72 bits per heavy atom. The molecule has 1 aromatic rings. The molecule has 0 aliphatic heterocycles. The zero-order valence-electron chi connectivity index (χ0n) is 17.1. The van der Waals surface area contributed by atoms with E-state index in [0.29, 0.717) is 25.0 Å². The summed E-state index contributed by atoms with van der Waals surface area (Å²) >= 11 is 0. The SMILES string of the molecule is COCCNc1ccc(C(=O)OCC(=O)N[C@@H]2CCC[C@H](C)[C@H]2C)cc1[N+](=O)[O-]. The van der Waals surface area contributed by atoms with E-state index in [0.717, 1.165) is 25.3 Å². The van der Waals surface area contributed by atoms with Gasteiger partial charge in [0.15, 0.2) is 6.61 Å². The summed E-state index contributed by atoms with van der Waals surface area (Å²) in [6.45, 7) is 4.64. The summed E-state index contributed by atoms with van der Waals surface area (Å²) in [6.07, 6.45) is 3.12. The molecule has 1 aliphatic carbocycles. The number of rotatable bonds is 9. The topological polar surface area (TPSA) is 120 Å². The number of benzene rings is 1. The number of nitro benzene ring substituents is 1. The molecule has 160 valence electrons. The van der Waals surface area contributed by atoms with Crippen LogP contribution in [0.1, 0.15) is 43.5 Å². The van der Waals surface area contributed by atoms with E-state index in [-0.39, 0.29) is 28.9 Å². The van der Waals surface area contributed by atoms with Gasteiger partial charge in [-0.1, -0.05) is 26.7 Å². The predicted octanol–water partition coefficient (Wildman–Crippen LogP) is 2.75. The lowest BCUT2D eigenvalue weighted by molar-refractivity contribution is -0.384. The molecule has 0 unspecified atom stereocenters. The smallest absolute Gasteiger partial charge is 0.338 e. The molecule has 0 saturated heterocycles. The number of anilines is 1. The van der Waals surface area contributed by atoms with Crippen LogP contribution in [0.25, 0.3) is 0 Å². The highest BCUT2D eigenvalue weighted by Gasteiger charge is 2.28. The highest BCUT2D eigenvalue weighted by molar-refractivity contribution is 5.93. The van der Waals surface area contributed by atoms with E-state index in [1.807, 2.05) is 0 Å². The van der Waals surface area contributed by atoms with E-state index in [1.165, 1.54) is 19.2 Å². The Morgan fingerprint density at radius 2 is 2.03 bits per heavy atom. The maximum absolute atomic E-state index is 12.2. The molecule has 1 fully saturated rings. The van der Waals surface area contributed by atoms with Crippen LogP contribution in [-0.2, 0) is 14.3 Å². The maximum Gasteiger partial charge on any atom is 0.338 e. The van der Waals surface area contributed by atoms with Crippen LogP contribution in [0.5, 0.6) is 0 Å². The third kappa shape index (κ3) is 6.42. The fourth-order valence-corrected chi connectivity index (χ4v) is 3.50. The Hall–Kier alpha value is -2.68. The second-order valence-electron chi connectivity index (χ2n) is 7.43. The van der Waals surface area contributed by atoms with Crippen molar-refractivity contribution in [2.24, 2.45) is 11.8 Å². The van der Waals surface area contributed by atoms with Gasteiger partial charge in [-0.25, -0.2) is 4.79 Å². The largest absolute Gasteiger partial charge is 0.452 e. The van der Waals surface area contributed by atoms with Gasteiger partial charge >= 0.3 is 5.97 Å². The molecule has 1 aromatic carbocycles. The van der Waals surface area contributed by atoms with Gasteiger partial charge in [-0.05, 0) is 30.4 Å². The number of carbonyl (C=O) groups excluding carboxylic acids is 2. The first-order valence-corrected chi connectivity index (χ1v) is 9.81. The maximum atomic E-state index is 12.2. The fourth-order valence-electron chi connectivity index (χ4n) is 3.50. The van der Waals surface area contributed by atoms with Crippen molar-refractivity contribution >= 4 is 23.3 Å². The van der Waals surface area contributed by atoms with E-state index < -0.39 is 17.5 Å². The second kappa shape index (κ2) is 10.8. The van der Waals surface area contributed by atoms with Crippen molar-refractivity contribution in [1.29, 1.82) is 0 Å². The monoisotopic (exact) mass is 407 g/mol. The highest BCUT2D eigenvalue weighted by atomic mass is 16.6. The molecule has 0 bridgehead atoms. The Kier molecular flexibility index (Phi) is 8.38. The van der Waals surface area contributed by atoms with E-state index in [1.54, 1.807) is 0 Å². The summed E-state index contributed by atoms with van der Waals surface area (Å²) in [6, 6.07) is 4.08. The lowest BCUT2D eigenvalue weighted by Gasteiger charge is -2.34. The number of esters is 1. The van der Waals surface area contributed by atoms with Crippen LogP contribution in [0.3, 0.4) is 0 Å². The Labute approximate surface area is 170 Å². The molecular weight excluding hydrogens is 378 g/mol. The first-order chi connectivity index (χ1) is 13.8. The van der Waals surface area contributed by atoms with Gasteiger partial charge in [0.25, 0.3) is 11.6 Å². The highest BCUT2D eigenvalue weighted by Crippen LogP contribution is 2.29. The minimum Gasteiger partial charge on any atom is -0.452 e. The third-order valence-corrected chi connectivity index (χ3v) is 5.44. The number of hydrogen-bond donors (Lipinski definition) is 2. The number of ether oxygens (including phenoxy) is 2. The van der Waals surface area contributed by atoms with Crippen LogP contribution in [0.4, 0.5) is 11.4 Å². The van der Waals surface area contributed by atoms with Crippen molar-refractivity contribution in [2.75, 3.05) is 32.2 Å². The number of amides is 1. The molecule has 9 nitrogen and oxygen atoms in total. The average Bonchev–Trinajstić information content (AvgIpc) is 2.70. The van der Waals surface area contributed by atoms with Gasteiger partial charge < -0.3 is 20.1 Å². The second-order valence-corrected chi connectivity index (χ2v) is 7.43.